The summed E-state index contributed by atoms with van der Waals surface area (Å²) in [4.78, 5) is 2.42. The molecule has 2 fully saturated rings. The Hall–Kier alpha value is -0.0800. The normalized spacial score (nSPS) is 34.2. The number of rotatable bonds is 2. The summed E-state index contributed by atoms with van der Waals surface area (Å²) in [7, 11) is 2.20. The average Bonchev–Trinajstić information content (AvgIpc) is 2.03. The fourth-order valence-corrected chi connectivity index (χ4v) is 2.99. The van der Waals surface area contributed by atoms with Crippen LogP contribution in [0.25, 0.3) is 0 Å². The number of hydrogen-bond acceptors (Lipinski definition) is 2. The zero-order valence-corrected chi connectivity index (χ0v) is 8.63. The molecule has 1 heterocycles. The van der Waals surface area contributed by atoms with Crippen molar-refractivity contribution in [3.8, 4) is 0 Å². The largest absolute Gasteiger partial charge is 0.396 e. The van der Waals surface area contributed by atoms with Crippen LogP contribution in [0.4, 0.5) is 0 Å². The van der Waals surface area contributed by atoms with E-state index in [1.807, 2.05) is 0 Å². The molecule has 0 aromatic heterocycles. The molecule has 0 aromatic rings. The van der Waals surface area contributed by atoms with Crippen molar-refractivity contribution in [1.29, 1.82) is 0 Å². The summed E-state index contributed by atoms with van der Waals surface area (Å²) >= 11 is 0. The average molecular weight is 183 g/mol. The second-order valence-corrected chi connectivity index (χ2v) is 4.98. The van der Waals surface area contributed by atoms with Crippen LogP contribution in [-0.4, -0.2) is 36.8 Å². The highest BCUT2D eigenvalue weighted by Gasteiger charge is 2.44. The van der Waals surface area contributed by atoms with Gasteiger partial charge in [-0.2, -0.15) is 0 Å². The van der Waals surface area contributed by atoms with Crippen LogP contribution in [-0.2, 0) is 0 Å². The molecule has 2 nitrogen and oxygen atoms in total. The van der Waals surface area contributed by atoms with Gasteiger partial charge in [-0.1, -0.05) is 6.42 Å². The van der Waals surface area contributed by atoms with E-state index in [9.17, 15) is 5.11 Å². The lowest BCUT2D eigenvalue weighted by Gasteiger charge is -2.49. The van der Waals surface area contributed by atoms with E-state index >= 15 is 0 Å². The highest BCUT2D eigenvalue weighted by atomic mass is 16.3. The van der Waals surface area contributed by atoms with Gasteiger partial charge in [0.05, 0.1) is 0 Å². The Labute approximate surface area is 80.9 Å². The van der Waals surface area contributed by atoms with E-state index in [0.29, 0.717) is 12.0 Å². The minimum Gasteiger partial charge on any atom is -0.396 e. The third-order valence-corrected chi connectivity index (χ3v) is 4.15. The quantitative estimate of drug-likeness (QED) is 0.701. The van der Waals surface area contributed by atoms with Crippen LogP contribution < -0.4 is 0 Å². The fourth-order valence-electron chi connectivity index (χ4n) is 2.99. The lowest BCUT2D eigenvalue weighted by molar-refractivity contribution is -0.0397. The summed E-state index contributed by atoms with van der Waals surface area (Å²) in [5.74, 6) is 0.769. The molecule has 1 aliphatic heterocycles. The molecule has 76 valence electrons. The molecule has 1 aliphatic carbocycles. The maximum atomic E-state index is 9.46. The molecule has 1 atom stereocenters. The lowest BCUT2D eigenvalue weighted by Crippen LogP contribution is -2.47. The van der Waals surface area contributed by atoms with E-state index in [1.54, 1.807) is 0 Å². The van der Waals surface area contributed by atoms with Crippen molar-refractivity contribution in [3.63, 3.8) is 0 Å². The first-order valence-electron chi connectivity index (χ1n) is 5.56. The van der Waals surface area contributed by atoms with Crippen molar-refractivity contribution < 1.29 is 5.11 Å². The van der Waals surface area contributed by atoms with Gasteiger partial charge in [-0.3, -0.25) is 0 Å². The van der Waals surface area contributed by atoms with Gasteiger partial charge in [0.25, 0.3) is 0 Å². The van der Waals surface area contributed by atoms with Gasteiger partial charge in [-0.15, -0.1) is 0 Å². The van der Waals surface area contributed by atoms with Crippen molar-refractivity contribution in [1.82, 2.24) is 4.90 Å². The first kappa shape index (κ1) is 9.47. The highest BCUT2D eigenvalue weighted by molar-refractivity contribution is 4.95. The Kier molecular flexibility index (Phi) is 2.61. The second-order valence-electron chi connectivity index (χ2n) is 4.98. The maximum Gasteiger partial charge on any atom is 0.0490 e. The minimum absolute atomic E-state index is 0.328. The number of aliphatic hydroxyl groups excluding tert-OH is 1. The molecule has 1 saturated heterocycles. The number of nitrogens with zero attached hydrogens (tertiary/aromatic N) is 1. The summed E-state index contributed by atoms with van der Waals surface area (Å²) in [5.41, 5.74) is 0.328. The minimum atomic E-state index is 0.328. The zero-order chi connectivity index (χ0) is 9.31. The van der Waals surface area contributed by atoms with Crippen molar-refractivity contribution >= 4 is 0 Å². The van der Waals surface area contributed by atoms with Crippen LogP contribution in [0, 0.1) is 11.3 Å². The van der Waals surface area contributed by atoms with Crippen molar-refractivity contribution in [2.24, 2.45) is 11.3 Å². The van der Waals surface area contributed by atoms with E-state index in [-0.39, 0.29) is 0 Å². The number of hydrogen-bond donors (Lipinski definition) is 1. The van der Waals surface area contributed by atoms with Gasteiger partial charge in [0.1, 0.15) is 0 Å². The third kappa shape index (κ3) is 1.62. The molecular weight excluding hydrogens is 162 g/mol. The first-order chi connectivity index (χ1) is 6.27. The van der Waals surface area contributed by atoms with Gasteiger partial charge >= 0.3 is 0 Å². The van der Waals surface area contributed by atoms with Crippen LogP contribution in [0.5, 0.6) is 0 Å². The molecule has 13 heavy (non-hydrogen) atoms. The van der Waals surface area contributed by atoms with Crippen molar-refractivity contribution in [2.75, 3.05) is 26.7 Å². The summed E-state index contributed by atoms with van der Waals surface area (Å²) in [5, 5.41) is 9.46. The van der Waals surface area contributed by atoms with Crippen molar-refractivity contribution in [2.45, 2.75) is 32.1 Å². The van der Waals surface area contributed by atoms with Crippen LogP contribution in [0.15, 0.2) is 0 Å². The Balaban J connectivity index is 1.97. The van der Waals surface area contributed by atoms with Crippen LogP contribution in [0.1, 0.15) is 32.1 Å². The smallest absolute Gasteiger partial charge is 0.0490 e. The van der Waals surface area contributed by atoms with E-state index in [2.05, 4.69) is 11.9 Å². The Morgan fingerprint density at radius 3 is 2.62 bits per heavy atom. The SMILES string of the molecule is CN1CCCC(C2(CO)CCC2)C1. The van der Waals surface area contributed by atoms with E-state index in [1.165, 1.54) is 45.2 Å². The number of likely N-dealkylation sites (tertiary alicyclic amines) is 1. The molecule has 0 amide bonds. The molecule has 0 aromatic carbocycles. The molecule has 1 N–H and O–H groups in total. The van der Waals surface area contributed by atoms with Gasteiger partial charge in [0.2, 0.25) is 0 Å². The summed E-state index contributed by atoms with van der Waals surface area (Å²) in [6, 6.07) is 0. The highest BCUT2D eigenvalue weighted by Crippen LogP contribution is 2.49. The van der Waals surface area contributed by atoms with E-state index in [0.717, 1.165) is 5.92 Å². The van der Waals surface area contributed by atoms with Crippen molar-refractivity contribution in [3.05, 3.63) is 0 Å². The molecule has 2 heteroatoms. The molecule has 2 aliphatic rings. The molecule has 1 saturated carbocycles. The Morgan fingerprint density at radius 1 is 1.38 bits per heavy atom. The predicted molar refractivity (Wildman–Crippen MR) is 53.6 cm³/mol. The monoisotopic (exact) mass is 183 g/mol. The van der Waals surface area contributed by atoms with Crippen LogP contribution in [0.3, 0.4) is 0 Å². The maximum absolute atomic E-state index is 9.46. The number of piperidine rings is 1. The summed E-state index contributed by atoms with van der Waals surface area (Å²) < 4.78 is 0. The zero-order valence-electron chi connectivity index (χ0n) is 8.63. The van der Waals surface area contributed by atoms with Gasteiger partial charge in [-0.05, 0) is 50.6 Å². The van der Waals surface area contributed by atoms with Gasteiger partial charge < -0.3 is 10.0 Å². The molecule has 2 rings (SSSR count). The first-order valence-corrected chi connectivity index (χ1v) is 5.56. The van der Waals surface area contributed by atoms with Crippen LogP contribution >= 0.6 is 0 Å². The predicted octanol–water partition coefficient (Wildman–Crippen LogP) is 1.49. The van der Waals surface area contributed by atoms with Gasteiger partial charge in [-0.25, -0.2) is 0 Å². The summed E-state index contributed by atoms with van der Waals surface area (Å²) in [6.45, 7) is 2.88. The molecular formula is C11H21NO. The number of aliphatic hydroxyl groups is 1. The van der Waals surface area contributed by atoms with Gasteiger partial charge in [0.15, 0.2) is 0 Å². The fraction of sp³-hybridized carbons (Fsp3) is 1.00. The van der Waals surface area contributed by atoms with Gasteiger partial charge in [0, 0.05) is 13.2 Å². The molecule has 0 radical (unpaired) electrons. The second kappa shape index (κ2) is 3.58. The Bertz CT molecular complexity index is 171. The standard InChI is InChI=1S/C11H21NO/c1-12-7-2-4-10(8-12)11(9-13)5-3-6-11/h10,13H,2-9H2,1H3. The Morgan fingerprint density at radius 2 is 2.15 bits per heavy atom. The molecule has 0 spiro atoms. The van der Waals surface area contributed by atoms with E-state index < -0.39 is 0 Å². The summed E-state index contributed by atoms with van der Waals surface area (Å²) in [6.07, 6.45) is 6.53. The van der Waals surface area contributed by atoms with Crippen LogP contribution in [0.2, 0.25) is 0 Å². The lowest BCUT2D eigenvalue weighted by atomic mass is 9.60. The molecule has 0 bridgehead atoms. The third-order valence-electron chi connectivity index (χ3n) is 4.15. The topological polar surface area (TPSA) is 23.5 Å². The molecule has 1 unspecified atom stereocenters. The van der Waals surface area contributed by atoms with E-state index in [4.69, 9.17) is 0 Å².